The quantitative estimate of drug-likeness (QED) is 0.0688. The van der Waals surface area contributed by atoms with E-state index >= 15 is 0 Å². The minimum Gasteiger partial charge on any atom is -0.377 e. The molecule has 9 nitrogen and oxygen atoms in total. The third-order valence-electron chi connectivity index (χ3n) is 9.55. The SMILES string of the molecule is C=N/N=C\N(C)CCc1cccc(N2Cc3c(cc(CN4CCC(CCCOCc5ccc(COCCN)cc5)CC4)cc3C(F)(F)F)C2=O)c1. The van der Waals surface area contributed by atoms with E-state index in [1.165, 1.54) is 11.0 Å². The number of alkyl halides is 3. The first-order valence-corrected chi connectivity index (χ1v) is 17.6. The van der Waals surface area contributed by atoms with Gasteiger partial charge in [-0.2, -0.15) is 18.3 Å². The second-order valence-electron chi connectivity index (χ2n) is 13.4. The molecule has 0 aliphatic carbocycles. The molecule has 0 spiro atoms. The van der Waals surface area contributed by atoms with Crippen molar-refractivity contribution in [1.29, 1.82) is 0 Å². The van der Waals surface area contributed by atoms with Crippen molar-refractivity contribution in [3.63, 3.8) is 0 Å². The number of hydrogen-bond acceptors (Lipinski definition) is 7. The van der Waals surface area contributed by atoms with Crippen LogP contribution in [-0.4, -0.2) is 75.2 Å². The van der Waals surface area contributed by atoms with Gasteiger partial charge in [0.05, 0.1) is 31.9 Å². The summed E-state index contributed by atoms with van der Waals surface area (Å²) in [6.45, 7) is 8.73. The molecule has 1 amide bonds. The number of nitrogens with zero attached hydrogens (tertiary/aromatic N) is 5. The summed E-state index contributed by atoms with van der Waals surface area (Å²) in [6, 6.07) is 18.5. The summed E-state index contributed by atoms with van der Waals surface area (Å²) in [6.07, 6.45) is 1.67. The Morgan fingerprint density at radius 3 is 2.35 bits per heavy atom. The van der Waals surface area contributed by atoms with Crippen LogP contribution in [0.3, 0.4) is 0 Å². The summed E-state index contributed by atoms with van der Waals surface area (Å²) in [5, 5.41) is 7.23. The first-order valence-electron chi connectivity index (χ1n) is 17.6. The van der Waals surface area contributed by atoms with Gasteiger partial charge in [0, 0.05) is 51.3 Å². The Hall–Kier alpha value is -4.10. The highest BCUT2D eigenvalue weighted by molar-refractivity contribution is 6.10. The molecule has 3 aromatic rings. The summed E-state index contributed by atoms with van der Waals surface area (Å²) in [7, 11) is 1.86. The Bertz CT molecular complexity index is 1620. The Kier molecular flexibility index (Phi) is 13.8. The second-order valence-corrected chi connectivity index (χ2v) is 13.4. The van der Waals surface area contributed by atoms with Gasteiger partial charge in [0.1, 0.15) is 6.34 Å². The lowest BCUT2D eigenvalue weighted by atomic mass is 9.91. The van der Waals surface area contributed by atoms with Crippen molar-refractivity contribution >= 4 is 24.7 Å². The number of carbonyl (C=O) groups is 1. The Morgan fingerprint density at radius 2 is 1.69 bits per heavy atom. The smallest absolute Gasteiger partial charge is 0.377 e. The minimum atomic E-state index is -4.57. The highest BCUT2D eigenvalue weighted by Crippen LogP contribution is 2.40. The average molecular weight is 707 g/mol. The molecule has 2 aliphatic heterocycles. The molecular formula is C39H49F3N6O3. The average Bonchev–Trinajstić information content (AvgIpc) is 3.46. The van der Waals surface area contributed by atoms with Gasteiger partial charge in [0.15, 0.2) is 0 Å². The lowest BCUT2D eigenvalue weighted by Gasteiger charge is -2.32. The fourth-order valence-corrected chi connectivity index (χ4v) is 6.75. The number of fused-ring (bicyclic) bond motifs is 1. The lowest BCUT2D eigenvalue weighted by molar-refractivity contribution is -0.138. The van der Waals surface area contributed by atoms with Crippen molar-refractivity contribution < 1.29 is 27.4 Å². The van der Waals surface area contributed by atoms with E-state index in [0.717, 1.165) is 55.5 Å². The number of halogens is 3. The van der Waals surface area contributed by atoms with E-state index in [2.05, 4.69) is 34.0 Å². The van der Waals surface area contributed by atoms with Crippen molar-refractivity contribution in [3.8, 4) is 0 Å². The molecule has 2 heterocycles. The van der Waals surface area contributed by atoms with E-state index in [1.807, 2.05) is 42.3 Å². The standard InChI is InChI=1S/C39H49F3N6O3/c1-44-45-28-46(2)16-12-30-5-3-7-34(21-30)48-25-36-35(38(48)49)22-33(23-37(36)39(40,41)42)24-47-17-13-29(14-18-47)6-4-19-50-26-31-8-10-32(11-9-31)27-51-20-15-43/h3,5,7-11,21-23,28-29H,1,4,6,12-20,24-27,43H2,2H3/b45-28-. The Balaban J connectivity index is 1.11. The molecule has 5 rings (SSSR count). The second kappa shape index (κ2) is 18.4. The van der Waals surface area contributed by atoms with Crippen molar-refractivity contribution in [1.82, 2.24) is 9.80 Å². The monoisotopic (exact) mass is 706 g/mol. The number of rotatable bonds is 18. The molecule has 2 aliphatic rings. The van der Waals surface area contributed by atoms with Crippen LogP contribution in [0.5, 0.6) is 0 Å². The maximum Gasteiger partial charge on any atom is 0.416 e. The lowest BCUT2D eigenvalue weighted by Crippen LogP contribution is -2.33. The molecule has 0 atom stereocenters. The van der Waals surface area contributed by atoms with Crippen molar-refractivity contribution in [2.75, 3.05) is 51.3 Å². The van der Waals surface area contributed by atoms with Crippen LogP contribution in [0.15, 0.2) is 70.9 Å². The number of carbonyl (C=O) groups excluding carboxylic acids is 1. The van der Waals surface area contributed by atoms with E-state index in [0.29, 0.717) is 69.7 Å². The van der Waals surface area contributed by atoms with Gasteiger partial charge in [-0.1, -0.05) is 36.4 Å². The summed E-state index contributed by atoms with van der Waals surface area (Å²) >= 11 is 0. The third-order valence-corrected chi connectivity index (χ3v) is 9.55. The molecule has 1 saturated heterocycles. The largest absolute Gasteiger partial charge is 0.416 e. The molecule has 0 radical (unpaired) electrons. The number of likely N-dealkylation sites (tertiary alicyclic amines) is 1. The van der Waals surface area contributed by atoms with E-state index in [-0.39, 0.29) is 17.7 Å². The molecular weight excluding hydrogens is 657 g/mol. The van der Waals surface area contributed by atoms with Crippen LogP contribution in [0.4, 0.5) is 18.9 Å². The minimum absolute atomic E-state index is 0.0420. The molecule has 2 N–H and O–H groups in total. The topological polar surface area (TPSA) is 96.0 Å². The molecule has 0 unspecified atom stereocenters. The Morgan fingerprint density at radius 1 is 0.980 bits per heavy atom. The van der Waals surface area contributed by atoms with Gasteiger partial charge in [-0.15, -0.1) is 5.10 Å². The van der Waals surface area contributed by atoms with Gasteiger partial charge < -0.3 is 25.0 Å². The zero-order valence-electron chi connectivity index (χ0n) is 29.4. The number of nitrogens with two attached hydrogens (primary N) is 1. The zero-order valence-corrected chi connectivity index (χ0v) is 29.4. The predicted octanol–water partition coefficient (Wildman–Crippen LogP) is 6.67. The van der Waals surface area contributed by atoms with Crippen molar-refractivity contribution in [2.45, 2.75) is 64.6 Å². The number of hydrogen-bond donors (Lipinski definition) is 1. The van der Waals surface area contributed by atoms with E-state index in [9.17, 15) is 18.0 Å². The zero-order chi connectivity index (χ0) is 36.2. The number of likely N-dealkylation sites (N-methyl/N-ethyl adjacent to an activating group) is 1. The number of anilines is 1. The van der Waals surface area contributed by atoms with Gasteiger partial charge in [0.25, 0.3) is 5.91 Å². The fraction of sp³-hybridized carbons (Fsp3) is 0.462. The maximum absolute atomic E-state index is 14.4. The highest BCUT2D eigenvalue weighted by Gasteiger charge is 2.40. The van der Waals surface area contributed by atoms with Gasteiger partial charge in [0.2, 0.25) is 0 Å². The first-order chi connectivity index (χ1) is 24.6. The molecule has 3 aromatic carbocycles. The summed E-state index contributed by atoms with van der Waals surface area (Å²) in [4.78, 5) is 19.1. The third kappa shape index (κ3) is 10.9. The first kappa shape index (κ1) is 38.1. The molecule has 12 heteroatoms. The summed E-state index contributed by atoms with van der Waals surface area (Å²) in [5.41, 5.74) is 9.22. The van der Waals surface area contributed by atoms with Crippen LogP contribution >= 0.6 is 0 Å². The van der Waals surface area contributed by atoms with E-state index in [1.54, 1.807) is 18.5 Å². The molecule has 0 saturated carbocycles. The van der Waals surface area contributed by atoms with Gasteiger partial charge in [-0.25, -0.2) is 0 Å². The number of benzene rings is 3. The van der Waals surface area contributed by atoms with Gasteiger partial charge in [-0.3, -0.25) is 9.69 Å². The highest BCUT2D eigenvalue weighted by atomic mass is 19.4. The number of ether oxygens (including phenoxy) is 2. The van der Waals surface area contributed by atoms with Crippen LogP contribution in [0, 0.1) is 5.92 Å². The van der Waals surface area contributed by atoms with E-state index < -0.39 is 17.6 Å². The van der Waals surface area contributed by atoms with Crippen LogP contribution in [-0.2, 0) is 48.4 Å². The molecule has 1 fully saturated rings. The summed E-state index contributed by atoms with van der Waals surface area (Å²) in [5.74, 6) is 0.161. The van der Waals surface area contributed by atoms with Crippen LogP contribution < -0.4 is 10.6 Å². The van der Waals surface area contributed by atoms with Crippen molar-refractivity contribution in [3.05, 3.63) is 99.6 Å². The van der Waals surface area contributed by atoms with Crippen LogP contribution in [0.25, 0.3) is 0 Å². The molecule has 0 bridgehead atoms. The normalized spacial score (nSPS) is 15.5. The molecule has 51 heavy (non-hydrogen) atoms. The van der Waals surface area contributed by atoms with Crippen LogP contribution in [0.2, 0.25) is 0 Å². The number of piperidine rings is 1. The Labute approximate surface area is 298 Å². The maximum atomic E-state index is 14.4. The summed E-state index contributed by atoms with van der Waals surface area (Å²) < 4.78 is 54.5. The molecule has 0 aromatic heterocycles. The number of amides is 1. The fourth-order valence-electron chi connectivity index (χ4n) is 6.75. The van der Waals surface area contributed by atoms with Crippen LogP contribution in [0.1, 0.15) is 69.4 Å². The predicted molar refractivity (Wildman–Crippen MR) is 195 cm³/mol. The van der Waals surface area contributed by atoms with Gasteiger partial charge in [-0.05, 0) is 103 Å². The van der Waals surface area contributed by atoms with Gasteiger partial charge >= 0.3 is 6.18 Å². The van der Waals surface area contributed by atoms with Crippen molar-refractivity contribution in [2.24, 2.45) is 21.9 Å². The van der Waals surface area contributed by atoms with E-state index in [4.69, 9.17) is 15.2 Å². The molecule has 274 valence electrons.